The summed E-state index contributed by atoms with van der Waals surface area (Å²) in [6.45, 7) is 5.73. The minimum atomic E-state index is -4.71. The second-order valence-electron chi connectivity index (χ2n) is 10.6. The van der Waals surface area contributed by atoms with Gasteiger partial charge in [-0.2, -0.15) is 0 Å². The van der Waals surface area contributed by atoms with Crippen LogP contribution in [0.25, 0.3) is 11.0 Å². The van der Waals surface area contributed by atoms with Gasteiger partial charge in [0.1, 0.15) is 12.1 Å². The minimum absolute atomic E-state index is 0.259. The Hall–Kier alpha value is -3.99. The fourth-order valence-corrected chi connectivity index (χ4v) is 5.80. The molecule has 0 saturated heterocycles. The van der Waals surface area contributed by atoms with Crippen LogP contribution < -0.4 is 16.4 Å². The number of nitrogens with one attached hydrogen (secondary N) is 2. The Bertz CT molecular complexity index is 1770. The highest BCUT2D eigenvalue weighted by molar-refractivity contribution is 7.99. The fourth-order valence-electron chi connectivity index (χ4n) is 4.49. The van der Waals surface area contributed by atoms with Crippen LogP contribution in [-0.4, -0.2) is 31.3 Å². The van der Waals surface area contributed by atoms with Crippen LogP contribution in [0.4, 0.5) is 22.9 Å². The van der Waals surface area contributed by atoms with E-state index >= 15 is 0 Å². The fraction of sp³-hybridized carbons (Fsp3) is 0.194. The molecule has 2 heterocycles. The Labute approximate surface area is 254 Å². The standard InChI is InChI=1S/C31H33N6O4PS/c1-20(2)26-15-14-25-29(35-26)33-19-34-30(25)36-27-17-23(11-16-28(27)43-24-12-9-22(32)10-13-24)37-31(3,18-41-42(38,39)40)21-7-5-4-6-8-21/h4-17,19-20,37H,18,32H2,1-3H3,(H2,38,39,40)(H,33,34,35,36). The first-order valence-electron chi connectivity index (χ1n) is 13.6. The van der Waals surface area contributed by atoms with E-state index in [1.54, 1.807) is 11.8 Å². The number of hydrogen-bond donors (Lipinski definition) is 5. The van der Waals surface area contributed by atoms with Gasteiger partial charge in [0.25, 0.3) is 0 Å². The summed E-state index contributed by atoms with van der Waals surface area (Å²) in [7, 11) is -4.71. The Balaban J connectivity index is 1.55. The largest absolute Gasteiger partial charge is 0.469 e. The maximum absolute atomic E-state index is 11.6. The summed E-state index contributed by atoms with van der Waals surface area (Å²) in [5.41, 5.74) is 9.41. The van der Waals surface area contributed by atoms with Crippen molar-refractivity contribution in [3.63, 3.8) is 0 Å². The molecule has 5 rings (SSSR count). The molecule has 3 aromatic carbocycles. The number of nitrogen functional groups attached to an aromatic ring is 1. The molecule has 1 unspecified atom stereocenters. The van der Waals surface area contributed by atoms with Gasteiger partial charge in [0, 0.05) is 26.9 Å². The lowest BCUT2D eigenvalue weighted by Gasteiger charge is -2.32. The first kappa shape index (κ1) is 30.5. The van der Waals surface area contributed by atoms with Crippen LogP contribution in [0.15, 0.2) is 101 Å². The van der Waals surface area contributed by atoms with Gasteiger partial charge in [-0.1, -0.05) is 55.9 Å². The molecule has 222 valence electrons. The number of phosphoric ester groups is 1. The summed E-state index contributed by atoms with van der Waals surface area (Å²) < 4.78 is 16.6. The van der Waals surface area contributed by atoms with Gasteiger partial charge in [0.15, 0.2) is 5.65 Å². The van der Waals surface area contributed by atoms with E-state index in [1.165, 1.54) is 6.33 Å². The number of hydrogen-bond acceptors (Lipinski definition) is 9. The lowest BCUT2D eigenvalue weighted by Crippen LogP contribution is -2.36. The van der Waals surface area contributed by atoms with Crippen molar-refractivity contribution in [1.29, 1.82) is 0 Å². The number of benzene rings is 3. The van der Waals surface area contributed by atoms with Crippen LogP contribution in [0.3, 0.4) is 0 Å². The van der Waals surface area contributed by atoms with E-state index in [-0.39, 0.29) is 12.5 Å². The zero-order valence-corrected chi connectivity index (χ0v) is 25.6. The predicted octanol–water partition coefficient (Wildman–Crippen LogP) is 7.06. The second-order valence-corrected chi connectivity index (χ2v) is 12.9. The summed E-state index contributed by atoms with van der Waals surface area (Å²) in [6, 6.07) is 26.8. The Kier molecular flexibility index (Phi) is 9.00. The van der Waals surface area contributed by atoms with Crippen molar-refractivity contribution in [3.05, 3.63) is 103 Å². The third kappa shape index (κ3) is 7.70. The maximum atomic E-state index is 11.6. The lowest BCUT2D eigenvalue weighted by atomic mass is 9.92. The molecule has 0 aliphatic carbocycles. The third-order valence-corrected chi connectivity index (χ3v) is 8.35. The van der Waals surface area contributed by atoms with Crippen LogP contribution in [0.2, 0.25) is 0 Å². The van der Waals surface area contributed by atoms with Gasteiger partial charge in [-0.25, -0.2) is 19.5 Å². The first-order chi connectivity index (χ1) is 20.5. The third-order valence-electron chi connectivity index (χ3n) is 6.80. The van der Waals surface area contributed by atoms with Crippen molar-refractivity contribution in [2.75, 3.05) is 23.0 Å². The van der Waals surface area contributed by atoms with Crippen LogP contribution in [0.1, 0.15) is 37.9 Å². The highest BCUT2D eigenvalue weighted by atomic mass is 32.2. The van der Waals surface area contributed by atoms with Gasteiger partial charge in [-0.3, -0.25) is 4.52 Å². The number of phosphoric acid groups is 1. The van der Waals surface area contributed by atoms with Gasteiger partial charge in [0.05, 0.1) is 23.2 Å². The minimum Gasteiger partial charge on any atom is -0.399 e. The normalized spacial score (nSPS) is 13.2. The average molecular weight is 617 g/mol. The summed E-state index contributed by atoms with van der Waals surface area (Å²) in [5, 5.41) is 7.71. The van der Waals surface area contributed by atoms with Gasteiger partial charge in [0.2, 0.25) is 0 Å². The molecule has 0 amide bonds. The molecule has 12 heteroatoms. The maximum Gasteiger partial charge on any atom is 0.469 e. The number of nitrogens with two attached hydrogens (primary N) is 1. The molecule has 0 radical (unpaired) electrons. The second kappa shape index (κ2) is 12.7. The topological polar surface area (TPSA) is 156 Å². The summed E-state index contributed by atoms with van der Waals surface area (Å²) in [4.78, 5) is 34.5. The molecule has 1 atom stereocenters. The molecule has 5 aromatic rings. The van der Waals surface area contributed by atoms with Gasteiger partial charge >= 0.3 is 7.82 Å². The van der Waals surface area contributed by atoms with E-state index < -0.39 is 13.4 Å². The molecule has 0 saturated carbocycles. The Morgan fingerprint density at radius 1 is 1.00 bits per heavy atom. The molecular weight excluding hydrogens is 583 g/mol. The van der Waals surface area contributed by atoms with Crippen molar-refractivity contribution in [2.45, 2.75) is 42.0 Å². The molecule has 43 heavy (non-hydrogen) atoms. The molecular formula is C31H33N6O4PS. The van der Waals surface area contributed by atoms with Gasteiger partial charge in [-0.15, -0.1) is 0 Å². The molecule has 0 spiro atoms. The molecule has 0 aliphatic rings. The van der Waals surface area contributed by atoms with Crippen molar-refractivity contribution in [3.8, 4) is 0 Å². The molecule has 0 aliphatic heterocycles. The van der Waals surface area contributed by atoms with Gasteiger partial charge in [-0.05, 0) is 73.0 Å². The highest BCUT2D eigenvalue weighted by Crippen LogP contribution is 2.41. The van der Waals surface area contributed by atoms with Gasteiger partial charge < -0.3 is 26.2 Å². The molecule has 0 bridgehead atoms. The van der Waals surface area contributed by atoms with E-state index in [2.05, 4.69) is 34.4 Å². The van der Waals surface area contributed by atoms with Crippen LogP contribution in [0, 0.1) is 0 Å². The Morgan fingerprint density at radius 3 is 2.44 bits per heavy atom. The van der Waals surface area contributed by atoms with E-state index in [1.807, 2.05) is 91.9 Å². The van der Waals surface area contributed by atoms with Crippen LogP contribution >= 0.6 is 19.6 Å². The number of anilines is 4. The smallest absolute Gasteiger partial charge is 0.399 e. The van der Waals surface area contributed by atoms with Crippen LogP contribution in [0.5, 0.6) is 0 Å². The predicted molar refractivity (Wildman–Crippen MR) is 172 cm³/mol. The molecule has 2 aromatic heterocycles. The monoisotopic (exact) mass is 616 g/mol. The summed E-state index contributed by atoms with van der Waals surface area (Å²) >= 11 is 1.56. The molecule has 0 fully saturated rings. The number of pyridine rings is 1. The van der Waals surface area contributed by atoms with E-state index in [0.717, 1.165) is 32.1 Å². The quantitative estimate of drug-likeness (QED) is 0.0765. The number of nitrogens with zero attached hydrogens (tertiary/aromatic N) is 3. The van der Waals surface area contributed by atoms with Crippen molar-refractivity contribution >= 4 is 53.5 Å². The summed E-state index contributed by atoms with van der Waals surface area (Å²) in [6.07, 6.45) is 1.49. The van der Waals surface area contributed by atoms with E-state index in [0.29, 0.717) is 22.8 Å². The van der Waals surface area contributed by atoms with E-state index in [4.69, 9.17) is 15.2 Å². The van der Waals surface area contributed by atoms with Crippen molar-refractivity contribution in [2.24, 2.45) is 0 Å². The SMILES string of the molecule is CC(C)c1ccc2c(Nc3cc(NC(C)(COP(=O)(O)O)c4ccccc4)ccc3Sc3ccc(N)cc3)ncnc2n1. The van der Waals surface area contributed by atoms with Crippen molar-refractivity contribution < 1.29 is 18.9 Å². The average Bonchev–Trinajstić information content (AvgIpc) is 2.98. The Morgan fingerprint density at radius 2 is 1.74 bits per heavy atom. The zero-order chi connectivity index (χ0) is 30.6. The number of fused-ring (bicyclic) bond motifs is 1. The molecule has 6 N–H and O–H groups in total. The van der Waals surface area contributed by atoms with Crippen LogP contribution in [-0.2, 0) is 14.6 Å². The van der Waals surface area contributed by atoms with Crippen molar-refractivity contribution in [1.82, 2.24) is 15.0 Å². The summed E-state index contributed by atoms with van der Waals surface area (Å²) in [5.74, 6) is 0.856. The lowest BCUT2D eigenvalue weighted by molar-refractivity contribution is 0.166. The highest BCUT2D eigenvalue weighted by Gasteiger charge is 2.31. The molecule has 10 nitrogen and oxygen atoms in total. The first-order valence-corrected chi connectivity index (χ1v) is 15.9. The van der Waals surface area contributed by atoms with E-state index in [9.17, 15) is 14.4 Å². The number of aromatic nitrogens is 3. The number of rotatable bonds is 11. The zero-order valence-electron chi connectivity index (χ0n) is 23.9.